The van der Waals surface area contributed by atoms with Gasteiger partial charge in [-0.2, -0.15) is 5.10 Å². The second-order valence-corrected chi connectivity index (χ2v) is 7.91. The first-order valence-electron chi connectivity index (χ1n) is 9.60. The number of aromatic amines is 1. The van der Waals surface area contributed by atoms with Gasteiger partial charge in [-0.3, -0.25) is 10.00 Å². The standard InChI is InChI=1S/C22H23Cl2N3O/c1-2-10-28-22-18(23)11-16(12-19(22)24)21-17-14-27(9-8-20(17)25-26-21)13-15-6-4-3-5-7-15/h3-7,11-12H,2,8-10,13-14H2,1H3,(H,25,26). The van der Waals surface area contributed by atoms with Crippen LogP contribution in [0.25, 0.3) is 11.3 Å². The van der Waals surface area contributed by atoms with Gasteiger partial charge in [0.2, 0.25) is 0 Å². The van der Waals surface area contributed by atoms with Crippen molar-refractivity contribution in [3.05, 3.63) is 69.3 Å². The van der Waals surface area contributed by atoms with Gasteiger partial charge in [-0.05, 0) is 24.1 Å². The number of nitrogens with zero attached hydrogens (tertiary/aromatic N) is 2. The molecule has 2 heterocycles. The second kappa shape index (κ2) is 8.56. The van der Waals surface area contributed by atoms with Crippen molar-refractivity contribution in [1.29, 1.82) is 0 Å². The van der Waals surface area contributed by atoms with Crippen molar-refractivity contribution < 1.29 is 4.74 Å². The Morgan fingerprint density at radius 3 is 2.61 bits per heavy atom. The number of halogens is 2. The van der Waals surface area contributed by atoms with Gasteiger partial charge in [0.25, 0.3) is 0 Å². The van der Waals surface area contributed by atoms with Crippen molar-refractivity contribution in [3.63, 3.8) is 0 Å². The van der Waals surface area contributed by atoms with Crippen LogP contribution in [0.3, 0.4) is 0 Å². The number of aromatic nitrogens is 2. The molecule has 0 saturated carbocycles. The summed E-state index contributed by atoms with van der Waals surface area (Å²) in [6.07, 6.45) is 1.85. The Morgan fingerprint density at radius 2 is 1.89 bits per heavy atom. The van der Waals surface area contributed by atoms with Crippen molar-refractivity contribution in [2.45, 2.75) is 32.9 Å². The van der Waals surface area contributed by atoms with E-state index in [1.807, 2.05) is 25.1 Å². The van der Waals surface area contributed by atoms with E-state index in [0.29, 0.717) is 22.4 Å². The zero-order valence-electron chi connectivity index (χ0n) is 15.8. The first-order valence-corrected chi connectivity index (χ1v) is 10.4. The Morgan fingerprint density at radius 1 is 1.14 bits per heavy atom. The van der Waals surface area contributed by atoms with Crippen molar-refractivity contribution in [3.8, 4) is 17.0 Å². The van der Waals surface area contributed by atoms with E-state index >= 15 is 0 Å². The highest BCUT2D eigenvalue weighted by Gasteiger charge is 2.24. The molecule has 2 aromatic carbocycles. The molecule has 3 aromatic rings. The Labute approximate surface area is 175 Å². The van der Waals surface area contributed by atoms with Crippen molar-refractivity contribution in [2.75, 3.05) is 13.2 Å². The second-order valence-electron chi connectivity index (χ2n) is 7.09. The van der Waals surface area contributed by atoms with Crippen molar-refractivity contribution in [2.24, 2.45) is 0 Å². The van der Waals surface area contributed by atoms with Crippen LogP contribution < -0.4 is 4.74 Å². The van der Waals surface area contributed by atoms with E-state index in [4.69, 9.17) is 27.9 Å². The number of nitrogens with one attached hydrogen (secondary N) is 1. The van der Waals surface area contributed by atoms with E-state index < -0.39 is 0 Å². The Balaban J connectivity index is 1.59. The normalized spacial score (nSPS) is 14.1. The molecular formula is C22H23Cl2N3O. The van der Waals surface area contributed by atoms with E-state index in [-0.39, 0.29) is 0 Å². The maximum Gasteiger partial charge on any atom is 0.156 e. The lowest BCUT2D eigenvalue weighted by molar-refractivity contribution is 0.245. The quantitative estimate of drug-likeness (QED) is 0.558. The number of hydrogen-bond donors (Lipinski definition) is 1. The van der Waals surface area contributed by atoms with E-state index in [1.165, 1.54) is 16.8 Å². The molecule has 6 heteroatoms. The first kappa shape index (κ1) is 19.3. The highest BCUT2D eigenvalue weighted by molar-refractivity contribution is 6.37. The Bertz CT molecular complexity index is 933. The van der Waals surface area contributed by atoms with Gasteiger partial charge < -0.3 is 4.74 Å². The summed E-state index contributed by atoms with van der Waals surface area (Å²) in [5, 5.41) is 8.81. The van der Waals surface area contributed by atoms with Crippen LogP contribution in [0.5, 0.6) is 5.75 Å². The summed E-state index contributed by atoms with van der Waals surface area (Å²) < 4.78 is 5.68. The summed E-state index contributed by atoms with van der Waals surface area (Å²) in [6, 6.07) is 14.3. The minimum absolute atomic E-state index is 0.518. The zero-order chi connectivity index (χ0) is 19.5. The molecule has 146 valence electrons. The van der Waals surface area contributed by atoms with E-state index in [9.17, 15) is 0 Å². The summed E-state index contributed by atoms with van der Waals surface area (Å²) in [5.41, 5.74) is 5.56. The van der Waals surface area contributed by atoms with Crippen LogP contribution in [-0.2, 0) is 19.5 Å². The summed E-state index contributed by atoms with van der Waals surface area (Å²) >= 11 is 12.9. The predicted octanol–water partition coefficient (Wildman–Crippen LogP) is 5.73. The largest absolute Gasteiger partial charge is 0.490 e. The molecule has 0 bridgehead atoms. The summed E-state index contributed by atoms with van der Waals surface area (Å²) in [7, 11) is 0. The molecule has 0 amide bonds. The van der Waals surface area contributed by atoms with Crippen LogP contribution in [0, 0.1) is 0 Å². The van der Waals surface area contributed by atoms with E-state index in [0.717, 1.165) is 43.7 Å². The number of rotatable bonds is 6. The van der Waals surface area contributed by atoms with Crippen LogP contribution >= 0.6 is 23.2 Å². The minimum atomic E-state index is 0.518. The maximum atomic E-state index is 6.45. The highest BCUT2D eigenvalue weighted by Crippen LogP contribution is 2.39. The number of benzene rings is 2. The SMILES string of the molecule is CCCOc1c(Cl)cc(-c2n[nH]c3c2CN(Cc2ccccc2)CC3)cc1Cl. The van der Waals surface area contributed by atoms with Gasteiger partial charge in [0, 0.05) is 42.9 Å². The lowest BCUT2D eigenvalue weighted by atomic mass is 10.0. The smallest absolute Gasteiger partial charge is 0.156 e. The van der Waals surface area contributed by atoms with Crippen LogP contribution in [0.15, 0.2) is 42.5 Å². The average Bonchev–Trinajstić information content (AvgIpc) is 3.11. The van der Waals surface area contributed by atoms with Crippen LogP contribution in [0.1, 0.15) is 30.2 Å². The fourth-order valence-electron chi connectivity index (χ4n) is 3.60. The van der Waals surface area contributed by atoms with Crippen LogP contribution in [0.4, 0.5) is 0 Å². The van der Waals surface area contributed by atoms with Gasteiger partial charge in [-0.1, -0.05) is 60.5 Å². The molecular weight excluding hydrogens is 393 g/mol. The van der Waals surface area contributed by atoms with Gasteiger partial charge in [0.05, 0.1) is 22.3 Å². The minimum Gasteiger partial charge on any atom is -0.490 e. The molecule has 0 spiro atoms. The third-order valence-electron chi connectivity index (χ3n) is 4.98. The van der Waals surface area contributed by atoms with Crippen LogP contribution in [-0.4, -0.2) is 28.2 Å². The molecule has 1 aromatic heterocycles. The average molecular weight is 416 g/mol. The van der Waals surface area contributed by atoms with E-state index in [1.54, 1.807) is 0 Å². The van der Waals surface area contributed by atoms with E-state index in [2.05, 4.69) is 39.4 Å². The number of ether oxygens (including phenoxy) is 1. The molecule has 1 N–H and O–H groups in total. The monoisotopic (exact) mass is 415 g/mol. The molecule has 0 fully saturated rings. The zero-order valence-corrected chi connectivity index (χ0v) is 17.4. The number of H-pyrrole nitrogens is 1. The Kier molecular flexibility index (Phi) is 5.90. The molecule has 28 heavy (non-hydrogen) atoms. The molecule has 0 unspecified atom stereocenters. The fourth-order valence-corrected chi connectivity index (χ4v) is 4.20. The third kappa shape index (κ3) is 4.04. The van der Waals surface area contributed by atoms with Gasteiger partial charge in [0.1, 0.15) is 0 Å². The highest BCUT2D eigenvalue weighted by atomic mass is 35.5. The Hall–Kier alpha value is -2.01. The molecule has 4 nitrogen and oxygen atoms in total. The van der Waals surface area contributed by atoms with Gasteiger partial charge in [-0.15, -0.1) is 0 Å². The molecule has 0 atom stereocenters. The lowest BCUT2D eigenvalue weighted by Crippen LogP contribution is -2.29. The molecule has 0 radical (unpaired) electrons. The summed E-state index contributed by atoms with van der Waals surface area (Å²) in [4.78, 5) is 2.44. The topological polar surface area (TPSA) is 41.1 Å². The summed E-state index contributed by atoms with van der Waals surface area (Å²) in [6.45, 7) is 5.42. The predicted molar refractivity (Wildman–Crippen MR) is 114 cm³/mol. The lowest BCUT2D eigenvalue weighted by Gasteiger charge is -2.27. The van der Waals surface area contributed by atoms with Gasteiger partial charge in [-0.25, -0.2) is 0 Å². The number of hydrogen-bond acceptors (Lipinski definition) is 3. The van der Waals surface area contributed by atoms with Crippen LogP contribution in [0.2, 0.25) is 10.0 Å². The maximum absolute atomic E-state index is 6.45. The van der Waals surface area contributed by atoms with Gasteiger partial charge in [0.15, 0.2) is 5.75 Å². The third-order valence-corrected chi connectivity index (χ3v) is 5.55. The van der Waals surface area contributed by atoms with Crippen molar-refractivity contribution >= 4 is 23.2 Å². The van der Waals surface area contributed by atoms with Crippen molar-refractivity contribution in [1.82, 2.24) is 15.1 Å². The molecule has 1 aliphatic rings. The fraction of sp³-hybridized carbons (Fsp3) is 0.318. The molecule has 0 saturated heterocycles. The van der Waals surface area contributed by atoms with Gasteiger partial charge >= 0.3 is 0 Å². The molecule has 1 aliphatic heterocycles. The number of fused-ring (bicyclic) bond motifs is 1. The summed E-state index contributed by atoms with van der Waals surface area (Å²) in [5.74, 6) is 0.545. The first-order chi connectivity index (χ1) is 13.7. The molecule has 0 aliphatic carbocycles. The molecule has 4 rings (SSSR count).